The summed E-state index contributed by atoms with van der Waals surface area (Å²) in [5.41, 5.74) is 4.11. The van der Waals surface area contributed by atoms with Crippen molar-refractivity contribution in [1.82, 2.24) is 4.90 Å². The summed E-state index contributed by atoms with van der Waals surface area (Å²) in [6, 6.07) is 6.54. The van der Waals surface area contributed by atoms with Gasteiger partial charge in [-0.2, -0.15) is 0 Å². The second kappa shape index (κ2) is 6.81. The molecule has 0 N–H and O–H groups in total. The predicted octanol–water partition coefficient (Wildman–Crippen LogP) is 2.25. The van der Waals surface area contributed by atoms with Gasteiger partial charge in [0, 0.05) is 38.4 Å². The van der Waals surface area contributed by atoms with E-state index in [1.807, 2.05) is 0 Å². The van der Waals surface area contributed by atoms with Gasteiger partial charge in [-0.25, -0.2) is 8.42 Å². The summed E-state index contributed by atoms with van der Waals surface area (Å²) in [6.45, 7) is 9.74. The first-order valence-corrected chi connectivity index (χ1v) is 10.5. The fraction of sp³-hybridized carbons (Fsp3) is 0.667. The molecule has 0 amide bonds. The molecule has 128 valence electrons. The third-order valence-electron chi connectivity index (χ3n) is 5.48. The van der Waals surface area contributed by atoms with Crippen LogP contribution in [-0.2, 0) is 9.84 Å². The molecular formula is C18H28N2O2S. The highest BCUT2D eigenvalue weighted by Crippen LogP contribution is 2.25. The zero-order valence-electron chi connectivity index (χ0n) is 14.3. The van der Waals surface area contributed by atoms with Crippen LogP contribution >= 0.6 is 0 Å². The van der Waals surface area contributed by atoms with Crippen molar-refractivity contribution in [3.8, 4) is 0 Å². The Morgan fingerprint density at radius 1 is 1.04 bits per heavy atom. The third kappa shape index (κ3) is 4.07. The van der Waals surface area contributed by atoms with Crippen LogP contribution in [0.4, 0.5) is 5.69 Å². The van der Waals surface area contributed by atoms with Gasteiger partial charge in [0.2, 0.25) is 0 Å². The van der Waals surface area contributed by atoms with E-state index in [1.165, 1.54) is 16.8 Å². The van der Waals surface area contributed by atoms with Gasteiger partial charge < -0.3 is 4.90 Å². The van der Waals surface area contributed by atoms with E-state index in [2.05, 4.69) is 41.8 Å². The fourth-order valence-corrected chi connectivity index (χ4v) is 5.33. The summed E-state index contributed by atoms with van der Waals surface area (Å²) >= 11 is 0. The molecule has 3 rings (SSSR count). The first kappa shape index (κ1) is 16.8. The molecule has 2 aliphatic heterocycles. The Hall–Kier alpha value is -1.07. The van der Waals surface area contributed by atoms with E-state index in [-0.39, 0.29) is 0 Å². The number of hydrogen-bond acceptors (Lipinski definition) is 4. The van der Waals surface area contributed by atoms with Gasteiger partial charge >= 0.3 is 0 Å². The Bertz CT molecular complexity index is 635. The highest BCUT2D eigenvalue weighted by atomic mass is 32.2. The third-order valence-corrected chi connectivity index (χ3v) is 7.20. The van der Waals surface area contributed by atoms with Gasteiger partial charge in [0.25, 0.3) is 0 Å². The molecule has 0 spiro atoms. The summed E-state index contributed by atoms with van der Waals surface area (Å²) < 4.78 is 23.1. The maximum Gasteiger partial charge on any atom is 0.150 e. The van der Waals surface area contributed by atoms with Crippen LogP contribution in [0.1, 0.15) is 24.0 Å². The van der Waals surface area contributed by atoms with Crippen LogP contribution in [0.5, 0.6) is 0 Å². The van der Waals surface area contributed by atoms with Crippen molar-refractivity contribution in [1.29, 1.82) is 0 Å². The van der Waals surface area contributed by atoms with E-state index in [0.29, 0.717) is 17.4 Å². The molecule has 2 aliphatic rings. The molecule has 5 heteroatoms. The Morgan fingerprint density at radius 2 is 1.70 bits per heavy atom. The molecule has 23 heavy (non-hydrogen) atoms. The second-order valence-electron chi connectivity index (χ2n) is 7.10. The van der Waals surface area contributed by atoms with Gasteiger partial charge in [0.15, 0.2) is 0 Å². The van der Waals surface area contributed by atoms with E-state index in [9.17, 15) is 8.42 Å². The lowest BCUT2D eigenvalue weighted by Gasteiger charge is -2.39. The Kier molecular flexibility index (Phi) is 4.97. The lowest BCUT2D eigenvalue weighted by atomic mass is 10.0. The highest BCUT2D eigenvalue weighted by molar-refractivity contribution is 7.91. The molecular weight excluding hydrogens is 308 g/mol. The van der Waals surface area contributed by atoms with Crippen LogP contribution in [0, 0.1) is 19.8 Å². The lowest BCUT2D eigenvalue weighted by Crippen LogP contribution is -2.48. The Balaban J connectivity index is 1.52. The molecule has 0 radical (unpaired) electrons. The molecule has 2 saturated heterocycles. The monoisotopic (exact) mass is 336 g/mol. The smallest absolute Gasteiger partial charge is 0.150 e. The molecule has 0 unspecified atom stereocenters. The molecule has 0 aromatic heterocycles. The topological polar surface area (TPSA) is 40.6 Å². The second-order valence-corrected chi connectivity index (χ2v) is 9.41. The molecule has 2 fully saturated rings. The maximum absolute atomic E-state index is 11.5. The molecule has 0 atom stereocenters. The van der Waals surface area contributed by atoms with Gasteiger partial charge in [-0.1, -0.05) is 12.1 Å². The van der Waals surface area contributed by atoms with Crippen molar-refractivity contribution in [3.05, 3.63) is 29.3 Å². The molecule has 0 aliphatic carbocycles. The summed E-state index contributed by atoms with van der Waals surface area (Å²) in [4.78, 5) is 5.01. The minimum absolute atomic E-state index is 0.389. The molecule has 1 aromatic carbocycles. The summed E-state index contributed by atoms with van der Waals surface area (Å²) in [5.74, 6) is 1.34. The summed E-state index contributed by atoms with van der Waals surface area (Å²) in [7, 11) is -2.74. The SMILES string of the molecule is Cc1cccc(N2CCN(CC3CCS(=O)(=O)CC3)CC2)c1C. The Morgan fingerprint density at radius 3 is 2.35 bits per heavy atom. The minimum atomic E-state index is -2.74. The van der Waals surface area contributed by atoms with Crippen LogP contribution in [0.15, 0.2) is 18.2 Å². The van der Waals surface area contributed by atoms with E-state index < -0.39 is 9.84 Å². The molecule has 2 heterocycles. The van der Waals surface area contributed by atoms with Gasteiger partial charge in [-0.05, 0) is 49.8 Å². The van der Waals surface area contributed by atoms with E-state index in [0.717, 1.165) is 45.6 Å². The van der Waals surface area contributed by atoms with Crippen LogP contribution in [0.2, 0.25) is 0 Å². The van der Waals surface area contributed by atoms with Crippen LogP contribution in [0.25, 0.3) is 0 Å². The largest absolute Gasteiger partial charge is 0.369 e. The van der Waals surface area contributed by atoms with Crippen molar-refractivity contribution >= 4 is 15.5 Å². The van der Waals surface area contributed by atoms with Crippen LogP contribution in [0.3, 0.4) is 0 Å². The average molecular weight is 337 g/mol. The minimum Gasteiger partial charge on any atom is -0.369 e. The van der Waals surface area contributed by atoms with E-state index >= 15 is 0 Å². The first-order valence-electron chi connectivity index (χ1n) is 8.68. The predicted molar refractivity (Wildman–Crippen MR) is 95.9 cm³/mol. The van der Waals surface area contributed by atoms with Crippen molar-refractivity contribution < 1.29 is 8.42 Å². The van der Waals surface area contributed by atoms with Crippen molar-refractivity contribution in [3.63, 3.8) is 0 Å². The molecule has 0 saturated carbocycles. The molecule has 1 aromatic rings. The fourth-order valence-electron chi connectivity index (χ4n) is 3.74. The van der Waals surface area contributed by atoms with E-state index in [4.69, 9.17) is 0 Å². The van der Waals surface area contributed by atoms with Crippen molar-refractivity contribution in [2.24, 2.45) is 5.92 Å². The summed E-state index contributed by atoms with van der Waals surface area (Å²) in [6.07, 6.45) is 1.69. The Labute approximate surface area is 140 Å². The number of benzene rings is 1. The molecule has 0 bridgehead atoms. The van der Waals surface area contributed by atoms with Gasteiger partial charge in [-0.3, -0.25) is 4.90 Å². The number of anilines is 1. The van der Waals surface area contributed by atoms with Gasteiger partial charge in [0.05, 0.1) is 11.5 Å². The molecule has 4 nitrogen and oxygen atoms in total. The van der Waals surface area contributed by atoms with E-state index in [1.54, 1.807) is 0 Å². The summed E-state index contributed by atoms with van der Waals surface area (Å²) in [5, 5.41) is 0. The van der Waals surface area contributed by atoms with Crippen molar-refractivity contribution in [2.45, 2.75) is 26.7 Å². The normalized spacial score (nSPS) is 23.1. The number of nitrogens with zero attached hydrogens (tertiary/aromatic N) is 2. The van der Waals surface area contributed by atoms with Crippen LogP contribution < -0.4 is 4.90 Å². The van der Waals surface area contributed by atoms with Crippen LogP contribution in [-0.4, -0.2) is 57.5 Å². The zero-order chi connectivity index (χ0) is 16.4. The quantitative estimate of drug-likeness (QED) is 0.849. The first-order chi connectivity index (χ1) is 10.9. The standard InChI is InChI=1S/C18H28N2O2S/c1-15-4-3-5-18(16(15)2)20-10-8-19(9-11-20)14-17-6-12-23(21,22)13-7-17/h3-5,17H,6-14H2,1-2H3. The number of aryl methyl sites for hydroxylation is 1. The number of rotatable bonds is 3. The van der Waals surface area contributed by atoms with Crippen molar-refractivity contribution in [2.75, 3.05) is 49.1 Å². The number of sulfone groups is 1. The zero-order valence-corrected chi connectivity index (χ0v) is 15.1. The highest BCUT2D eigenvalue weighted by Gasteiger charge is 2.26. The maximum atomic E-state index is 11.5. The average Bonchev–Trinajstić information content (AvgIpc) is 2.53. The number of piperazine rings is 1. The number of hydrogen-bond donors (Lipinski definition) is 0. The van der Waals surface area contributed by atoms with Gasteiger partial charge in [-0.15, -0.1) is 0 Å². The lowest BCUT2D eigenvalue weighted by molar-refractivity contribution is 0.211. The van der Waals surface area contributed by atoms with Gasteiger partial charge in [0.1, 0.15) is 9.84 Å².